The Morgan fingerprint density at radius 3 is 2.92 bits per heavy atom. The summed E-state index contributed by atoms with van der Waals surface area (Å²) in [4.78, 5) is 10.9. The van der Waals surface area contributed by atoms with Gasteiger partial charge in [-0.1, -0.05) is 19.4 Å². The van der Waals surface area contributed by atoms with Gasteiger partial charge in [-0.25, -0.2) is 5.43 Å². The third-order valence-electron chi connectivity index (χ3n) is 1.30. The SMILES string of the molecule is C/C=C/C=N/NC(=O)CCCC. The standard InChI is InChI=1S/C9H16N2O/c1-3-5-7-9(12)11-10-8-6-4-2/h4,6,8H,3,5,7H2,1-2H3,(H,11,12)/b6-4+,10-8+. The van der Waals surface area contributed by atoms with Gasteiger partial charge in [0.2, 0.25) is 5.91 Å². The van der Waals surface area contributed by atoms with Crippen molar-refractivity contribution < 1.29 is 4.79 Å². The number of carbonyl (C=O) groups is 1. The molecule has 0 radical (unpaired) electrons. The summed E-state index contributed by atoms with van der Waals surface area (Å²) in [6.07, 6.45) is 7.69. The summed E-state index contributed by atoms with van der Waals surface area (Å²) in [7, 11) is 0. The molecule has 0 atom stereocenters. The van der Waals surface area contributed by atoms with Crippen LogP contribution in [0.1, 0.15) is 33.1 Å². The number of carbonyl (C=O) groups excluding carboxylic acids is 1. The van der Waals surface area contributed by atoms with Crippen molar-refractivity contribution in [1.29, 1.82) is 0 Å². The number of rotatable bonds is 5. The van der Waals surface area contributed by atoms with E-state index >= 15 is 0 Å². The van der Waals surface area contributed by atoms with Crippen LogP contribution in [0.15, 0.2) is 17.3 Å². The Morgan fingerprint density at radius 2 is 2.33 bits per heavy atom. The summed E-state index contributed by atoms with van der Waals surface area (Å²) in [6.45, 7) is 3.95. The number of nitrogens with one attached hydrogen (secondary N) is 1. The highest BCUT2D eigenvalue weighted by Crippen LogP contribution is 1.92. The van der Waals surface area contributed by atoms with Gasteiger partial charge in [0.15, 0.2) is 0 Å². The Bertz CT molecular complexity index is 173. The van der Waals surface area contributed by atoms with E-state index in [0.717, 1.165) is 12.8 Å². The normalized spacial score (nSPS) is 11.2. The van der Waals surface area contributed by atoms with Crippen LogP contribution < -0.4 is 5.43 Å². The smallest absolute Gasteiger partial charge is 0.240 e. The molecule has 0 aliphatic carbocycles. The maximum Gasteiger partial charge on any atom is 0.240 e. The van der Waals surface area contributed by atoms with Gasteiger partial charge in [0.25, 0.3) is 0 Å². The minimum atomic E-state index is -0.0161. The first-order valence-corrected chi connectivity index (χ1v) is 4.24. The van der Waals surface area contributed by atoms with Crippen LogP contribution in [-0.2, 0) is 4.79 Å². The van der Waals surface area contributed by atoms with Crippen molar-refractivity contribution >= 4 is 12.1 Å². The average molecular weight is 168 g/mol. The summed E-state index contributed by atoms with van der Waals surface area (Å²) in [6, 6.07) is 0. The highest BCUT2D eigenvalue weighted by atomic mass is 16.2. The second-order valence-electron chi connectivity index (χ2n) is 2.44. The van der Waals surface area contributed by atoms with Crippen LogP contribution in [0.2, 0.25) is 0 Å². The molecule has 0 fully saturated rings. The van der Waals surface area contributed by atoms with Gasteiger partial charge >= 0.3 is 0 Å². The van der Waals surface area contributed by atoms with Crippen molar-refractivity contribution in [1.82, 2.24) is 5.43 Å². The number of unbranched alkanes of at least 4 members (excludes halogenated alkanes) is 1. The maximum absolute atomic E-state index is 10.9. The summed E-state index contributed by atoms with van der Waals surface area (Å²) in [5, 5.41) is 3.70. The monoisotopic (exact) mass is 168 g/mol. The number of hydrazone groups is 1. The fourth-order valence-corrected chi connectivity index (χ4v) is 0.632. The highest BCUT2D eigenvalue weighted by Gasteiger charge is 1.95. The van der Waals surface area contributed by atoms with Crippen LogP contribution >= 0.6 is 0 Å². The molecule has 0 saturated carbocycles. The van der Waals surface area contributed by atoms with Crippen LogP contribution in [0, 0.1) is 0 Å². The van der Waals surface area contributed by atoms with Gasteiger partial charge in [-0.2, -0.15) is 5.10 Å². The Labute approximate surface area is 73.5 Å². The van der Waals surface area contributed by atoms with E-state index in [1.54, 1.807) is 12.3 Å². The molecule has 1 N–H and O–H groups in total. The second-order valence-corrected chi connectivity index (χ2v) is 2.44. The summed E-state index contributed by atoms with van der Waals surface area (Å²) in [5.41, 5.74) is 2.43. The van der Waals surface area contributed by atoms with Crippen molar-refractivity contribution in [3.05, 3.63) is 12.2 Å². The van der Waals surface area contributed by atoms with Gasteiger partial charge in [-0.3, -0.25) is 4.79 Å². The van der Waals surface area contributed by atoms with E-state index in [0.29, 0.717) is 6.42 Å². The topological polar surface area (TPSA) is 41.5 Å². The minimum Gasteiger partial charge on any atom is -0.273 e. The highest BCUT2D eigenvalue weighted by molar-refractivity contribution is 5.78. The molecular weight excluding hydrogens is 152 g/mol. The van der Waals surface area contributed by atoms with E-state index in [1.807, 2.05) is 13.0 Å². The number of amides is 1. The van der Waals surface area contributed by atoms with E-state index in [9.17, 15) is 4.79 Å². The van der Waals surface area contributed by atoms with Gasteiger partial charge in [0.1, 0.15) is 0 Å². The first-order chi connectivity index (χ1) is 5.81. The minimum absolute atomic E-state index is 0.0161. The lowest BCUT2D eigenvalue weighted by atomic mass is 10.2. The van der Waals surface area contributed by atoms with Gasteiger partial charge < -0.3 is 0 Å². The second kappa shape index (κ2) is 7.98. The predicted molar refractivity (Wildman–Crippen MR) is 51.0 cm³/mol. The Kier molecular flexibility index (Phi) is 7.24. The molecule has 12 heavy (non-hydrogen) atoms. The van der Waals surface area contributed by atoms with Crippen LogP contribution in [0.25, 0.3) is 0 Å². The molecular formula is C9H16N2O. The van der Waals surface area contributed by atoms with E-state index in [4.69, 9.17) is 0 Å². The van der Waals surface area contributed by atoms with Crippen LogP contribution in [0.3, 0.4) is 0 Å². The van der Waals surface area contributed by atoms with Crippen LogP contribution in [0.4, 0.5) is 0 Å². The zero-order chi connectivity index (χ0) is 9.23. The molecule has 0 bridgehead atoms. The van der Waals surface area contributed by atoms with Gasteiger partial charge in [0, 0.05) is 12.6 Å². The summed E-state index contributed by atoms with van der Waals surface area (Å²) >= 11 is 0. The van der Waals surface area contributed by atoms with Gasteiger partial charge in [0.05, 0.1) is 0 Å². The third-order valence-corrected chi connectivity index (χ3v) is 1.30. The molecule has 1 amide bonds. The van der Waals surface area contributed by atoms with Crippen molar-refractivity contribution in [2.75, 3.05) is 0 Å². The maximum atomic E-state index is 10.9. The Balaban J connectivity index is 3.43. The first-order valence-electron chi connectivity index (χ1n) is 4.24. The molecule has 3 heteroatoms. The lowest BCUT2D eigenvalue weighted by molar-refractivity contribution is -0.121. The zero-order valence-corrected chi connectivity index (χ0v) is 7.71. The number of hydrogen-bond donors (Lipinski definition) is 1. The first kappa shape index (κ1) is 10.9. The molecule has 68 valence electrons. The fourth-order valence-electron chi connectivity index (χ4n) is 0.632. The van der Waals surface area contributed by atoms with Gasteiger partial charge in [-0.15, -0.1) is 0 Å². The molecule has 3 nitrogen and oxygen atoms in total. The molecule has 0 aromatic rings. The van der Waals surface area contributed by atoms with E-state index in [2.05, 4.69) is 17.5 Å². The number of hydrogen-bond acceptors (Lipinski definition) is 2. The van der Waals surface area contributed by atoms with E-state index < -0.39 is 0 Å². The third kappa shape index (κ3) is 6.99. The van der Waals surface area contributed by atoms with Crippen molar-refractivity contribution in [2.24, 2.45) is 5.10 Å². The molecule has 0 saturated heterocycles. The Morgan fingerprint density at radius 1 is 1.58 bits per heavy atom. The summed E-state index contributed by atoms with van der Waals surface area (Å²) < 4.78 is 0. The molecule has 0 aromatic heterocycles. The van der Waals surface area contributed by atoms with E-state index in [-0.39, 0.29) is 5.91 Å². The molecule has 0 heterocycles. The quantitative estimate of drug-likeness (QED) is 0.494. The number of nitrogens with zero attached hydrogens (tertiary/aromatic N) is 1. The van der Waals surface area contributed by atoms with Crippen molar-refractivity contribution in [3.63, 3.8) is 0 Å². The molecule has 0 aromatic carbocycles. The molecule has 0 spiro atoms. The molecule has 0 unspecified atom stereocenters. The lowest BCUT2D eigenvalue weighted by Crippen LogP contribution is -2.16. The zero-order valence-electron chi connectivity index (χ0n) is 7.71. The van der Waals surface area contributed by atoms with Crippen LogP contribution in [0.5, 0.6) is 0 Å². The molecule has 0 rings (SSSR count). The largest absolute Gasteiger partial charge is 0.273 e. The van der Waals surface area contributed by atoms with Crippen molar-refractivity contribution in [3.8, 4) is 0 Å². The van der Waals surface area contributed by atoms with Crippen LogP contribution in [-0.4, -0.2) is 12.1 Å². The molecule has 0 aliphatic heterocycles. The van der Waals surface area contributed by atoms with Gasteiger partial charge in [-0.05, 0) is 19.4 Å². The Hall–Kier alpha value is -1.12. The summed E-state index contributed by atoms with van der Waals surface area (Å²) in [5.74, 6) is -0.0161. The predicted octanol–water partition coefficient (Wildman–Crippen LogP) is 1.85. The van der Waals surface area contributed by atoms with Crippen molar-refractivity contribution in [2.45, 2.75) is 33.1 Å². The van der Waals surface area contributed by atoms with E-state index in [1.165, 1.54) is 0 Å². The average Bonchev–Trinajstić information content (AvgIpc) is 2.09. The fraction of sp³-hybridized carbons (Fsp3) is 0.556. The lowest BCUT2D eigenvalue weighted by Gasteiger charge is -1.95. The number of allylic oxidation sites excluding steroid dienone is 2. The molecule has 0 aliphatic rings.